The van der Waals surface area contributed by atoms with Gasteiger partial charge in [-0.3, -0.25) is 0 Å². The van der Waals surface area contributed by atoms with E-state index in [1.807, 2.05) is 0 Å². The lowest BCUT2D eigenvalue weighted by Crippen LogP contribution is -1.93. The number of carboxylic acid groups (broad SMARTS) is 1. The van der Waals surface area contributed by atoms with Gasteiger partial charge in [-0.15, -0.1) is 0 Å². The predicted molar refractivity (Wildman–Crippen MR) is 29.8 cm³/mol. The summed E-state index contributed by atoms with van der Waals surface area (Å²) in [6.07, 6.45) is 2.26. The van der Waals surface area contributed by atoms with Crippen molar-refractivity contribution in [3.63, 3.8) is 0 Å². The smallest absolute Gasteiger partial charge is 0.328 e. The molecule has 0 fully saturated rings. The van der Waals surface area contributed by atoms with Gasteiger partial charge in [0.1, 0.15) is 6.79 Å². The summed E-state index contributed by atoms with van der Waals surface area (Å²) in [6.45, 7) is -0.257. The molecule has 0 aromatic heterocycles. The van der Waals surface area contributed by atoms with E-state index in [0.717, 1.165) is 6.08 Å². The van der Waals surface area contributed by atoms with E-state index in [1.165, 1.54) is 6.08 Å². The van der Waals surface area contributed by atoms with Crippen LogP contribution in [0, 0.1) is 0 Å². The van der Waals surface area contributed by atoms with E-state index in [4.69, 9.17) is 10.2 Å². The summed E-state index contributed by atoms with van der Waals surface area (Å²) >= 11 is 0. The molecule has 4 nitrogen and oxygen atoms in total. The van der Waals surface area contributed by atoms with Crippen molar-refractivity contribution in [3.05, 3.63) is 12.2 Å². The monoisotopic (exact) mass is 132 g/mol. The quantitative estimate of drug-likeness (QED) is 0.310. The van der Waals surface area contributed by atoms with Gasteiger partial charge in [0.15, 0.2) is 0 Å². The highest BCUT2D eigenvalue weighted by Gasteiger charge is 1.82. The van der Waals surface area contributed by atoms with E-state index in [0.29, 0.717) is 0 Å². The van der Waals surface area contributed by atoms with Gasteiger partial charge in [0.05, 0.1) is 6.61 Å². The number of rotatable bonds is 4. The van der Waals surface area contributed by atoms with Gasteiger partial charge < -0.3 is 14.9 Å². The Bertz CT molecular complexity index is 108. The normalized spacial score (nSPS) is 10.3. The molecule has 0 aliphatic rings. The molecule has 0 radical (unpaired) electrons. The molecular weight excluding hydrogens is 124 g/mol. The molecule has 0 atom stereocenters. The number of hydrogen-bond acceptors (Lipinski definition) is 3. The molecule has 2 N–H and O–H groups in total. The Morgan fingerprint density at radius 1 is 1.67 bits per heavy atom. The number of hydrogen-bond donors (Lipinski definition) is 2. The molecule has 0 amide bonds. The van der Waals surface area contributed by atoms with Gasteiger partial charge in [-0.05, 0) is 0 Å². The molecule has 9 heavy (non-hydrogen) atoms. The van der Waals surface area contributed by atoms with Crippen LogP contribution < -0.4 is 0 Å². The van der Waals surface area contributed by atoms with E-state index in [2.05, 4.69) is 4.74 Å². The minimum absolute atomic E-state index is 0.128. The molecule has 0 spiro atoms. The third-order valence-electron chi connectivity index (χ3n) is 0.566. The van der Waals surface area contributed by atoms with Crippen molar-refractivity contribution in [2.45, 2.75) is 0 Å². The number of aliphatic carboxylic acids is 1. The van der Waals surface area contributed by atoms with Crippen LogP contribution in [0.25, 0.3) is 0 Å². The fourth-order valence-corrected chi connectivity index (χ4v) is 0.270. The summed E-state index contributed by atoms with van der Waals surface area (Å²) in [5, 5.41) is 16.0. The third kappa shape index (κ3) is 7.13. The van der Waals surface area contributed by atoms with Gasteiger partial charge >= 0.3 is 5.97 Å². The van der Waals surface area contributed by atoms with Crippen molar-refractivity contribution in [1.29, 1.82) is 0 Å². The summed E-state index contributed by atoms with van der Waals surface area (Å²) in [5.74, 6) is -1.02. The molecule has 0 aliphatic carbocycles. The molecule has 0 rings (SSSR count). The van der Waals surface area contributed by atoms with Crippen LogP contribution in [-0.2, 0) is 9.53 Å². The number of aliphatic hydroxyl groups excluding tert-OH is 1. The first-order chi connectivity index (χ1) is 4.27. The lowest BCUT2D eigenvalue weighted by atomic mass is 10.5. The highest BCUT2D eigenvalue weighted by Crippen LogP contribution is 1.74. The number of carbonyl (C=O) groups is 1. The summed E-state index contributed by atoms with van der Waals surface area (Å²) in [4.78, 5) is 9.76. The van der Waals surface area contributed by atoms with E-state index in [1.54, 1.807) is 0 Å². The van der Waals surface area contributed by atoms with Gasteiger partial charge in [-0.25, -0.2) is 4.79 Å². The largest absolute Gasteiger partial charge is 0.478 e. The van der Waals surface area contributed by atoms with Crippen molar-refractivity contribution >= 4 is 5.97 Å². The first-order valence-corrected chi connectivity index (χ1v) is 2.35. The Kier molecular flexibility index (Phi) is 4.76. The average molecular weight is 132 g/mol. The molecule has 0 saturated carbocycles. The van der Waals surface area contributed by atoms with Crippen molar-refractivity contribution in [2.24, 2.45) is 0 Å². The number of aliphatic hydroxyl groups is 1. The minimum atomic E-state index is -1.02. The van der Waals surface area contributed by atoms with Gasteiger partial charge in [-0.2, -0.15) is 0 Å². The van der Waals surface area contributed by atoms with Gasteiger partial charge in [0, 0.05) is 6.08 Å². The molecule has 0 aromatic carbocycles. The fourth-order valence-electron chi connectivity index (χ4n) is 0.270. The molecule has 0 heterocycles. The van der Waals surface area contributed by atoms with E-state index in [9.17, 15) is 4.79 Å². The van der Waals surface area contributed by atoms with E-state index in [-0.39, 0.29) is 13.4 Å². The Labute approximate surface area is 52.4 Å². The lowest BCUT2D eigenvalue weighted by molar-refractivity contribution is -0.131. The highest BCUT2D eigenvalue weighted by molar-refractivity contribution is 5.79. The van der Waals surface area contributed by atoms with Crippen molar-refractivity contribution in [3.8, 4) is 0 Å². The second-order valence-corrected chi connectivity index (χ2v) is 1.24. The SMILES string of the molecule is O=C(O)C=CCOCO. The average Bonchev–Trinajstić information content (AvgIpc) is 1.80. The Balaban J connectivity index is 3.15. The van der Waals surface area contributed by atoms with Crippen molar-refractivity contribution in [1.82, 2.24) is 0 Å². The second kappa shape index (κ2) is 5.27. The standard InChI is InChI=1S/C5H8O4/c6-4-9-3-1-2-5(7)8/h1-2,6H,3-4H2,(H,7,8). The zero-order valence-electron chi connectivity index (χ0n) is 4.78. The van der Waals surface area contributed by atoms with Crippen LogP contribution in [0.1, 0.15) is 0 Å². The molecule has 0 aliphatic heterocycles. The van der Waals surface area contributed by atoms with Crippen molar-refractivity contribution in [2.75, 3.05) is 13.4 Å². The second-order valence-electron chi connectivity index (χ2n) is 1.24. The Hall–Kier alpha value is -0.870. The first kappa shape index (κ1) is 8.13. The molecule has 0 saturated heterocycles. The van der Waals surface area contributed by atoms with Crippen LogP contribution in [-0.4, -0.2) is 29.6 Å². The number of carboxylic acids is 1. The van der Waals surface area contributed by atoms with Crippen LogP contribution >= 0.6 is 0 Å². The Morgan fingerprint density at radius 2 is 2.33 bits per heavy atom. The zero-order valence-corrected chi connectivity index (χ0v) is 4.78. The van der Waals surface area contributed by atoms with Gasteiger partial charge in [-0.1, -0.05) is 6.08 Å². The minimum Gasteiger partial charge on any atom is -0.478 e. The topological polar surface area (TPSA) is 66.8 Å². The summed E-state index contributed by atoms with van der Waals surface area (Å²) < 4.78 is 4.39. The molecule has 4 heteroatoms. The van der Waals surface area contributed by atoms with Crippen LogP contribution in [0.2, 0.25) is 0 Å². The van der Waals surface area contributed by atoms with Gasteiger partial charge in [0.2, 0.25) is 0 Å². The summed E-state index contributed by atoms with van der Waals surface area (Å²) in [5.41, 5.74) is 0. The maximum absolute atomic E-state index is 9.76. The van der Waals surface area contributed by atoms with Crippen LogP contribution in [0.4, 0.5) is 0 Å². The van der Waals surface area contributed by atoms with Crippen LogP contribution in [0.5, 0.6) is 0 Å². The molecule has 0 bridgehead atoms. The maximum atomic E-state index is 9.76. The van der Waals surface area contributed by atoms with E-state index < -0.39 is 5.97 Å². The third-order valence-corrected chi connectivity index (χ3v) is 0.566. The summed E-state index contributed by atoms with van der Waals surface area (Å²) in [6, 6.07) is 0. The predicted octanol–water partition coefficient (Wildman–Crippen LogP) is -0.406. The van der Waals surface area contributed by atoms with E-state index >= 15 is 0 Å². The maximum Gasteiger partial charge on any atom is 0.328 e. The Morgan fingerprint density at radius 3 is 2.78 bits per heavy atom. The first-order valence-electron chi connectivity index (χ1n) is 2.35. The zero-order chi connectivity index (χ0) is 7.11. The summed E-state index contributed by atoms with van der Waals surface area (Å²) in [7, 11) is 0. The molecule has 0 aromatic rings. The van der Waals surface area contributed by atoms with Gasteiger partial charge in [0.25, 0.3) is 0 Å². The van der Waals surface area contributed by atoms with Crippen molar-refractivity contribution < 1.29 is 19.7 Å². The highest BCUT2D eigenvalue weighted by atomic mass is 16.6. The molecule has 52 valence electrons. The number of ether oxygens (including phenoxy) is 1. The fraction of sp³-hybridized carbons (Fsp3) is 0.400. The van der Waals surface area contributed by atoms with Crippen LogP contribution in [0.3, 0.4) is 0 Å². The van der Waals surface area contributed by atoms with Crippen LogP contribution in [0.15, 0.2) is 12.2 Å². The molecular formula is C5H8O4. The molecule has 0 unspecified atom stereocenters. The lowest BCUT2D eigenvalue weighted by Gasteiger charge is -1.89.